The lowest BCUT2D eigenvalue weighted by Gasteiger charge is -2.17. The van der Waals surface area contributed by atoms with Gasteiger partial charge in [0.25, 0.3) is 0 Å². The molecule has 0 fully saturated rings. The van der Waals surface area contributed by atoms with Crippen LogP contribution in [0.4, 0.5) is 0 Å². The van der Waals surface area contributed by atoms with Crippen molar-refractivity contribution in [1.82, 2.24) is 9.13 Å². The fraction of sp³-hybridized carbons (Fsp3) is 0. The molecular weight excluding hydrogens is 725 g/mol. The Hall–Kier alpha value is -7.94. The van der Waals surface area contributed by atoms with E-state index in [1.54, 1.807) is 0 Å². The number of aromatic nitrogens is 2. The van der Waals surface area contributed by atoms with Gasteiger partial charge in [-0.1, -0.05) is 158 Å². The van der Waals surface area contributed by atoms with Crippen molar-refractivity contribution in [2.45, 2.75) is 0 Å². The summed E-state index contributed by atoms with van der Waals surface area (Å²) < 4.78 is 4.84. The number of benzene rings is 11. The monoisotopic (exact) mass is 760 g/mol. The lowest BCUT2D eigenvalue weighted by Crippen LogP contribution is -1.95. The number of rotatable bonds is 4. The summed E-state index contributed by atoms with van der Waals surface area (Å²) in [6.07, 6.45) is 0. The SMILES string of the molecule is c1ccc(-n2c3ccccc3c3ccc(-c4ccc5c(c4)c4ccccc4n5-c4cccc(-c5cc6c7ccccc7c7ccccc7c6c6ccccc56)c4)cc32)cc1. The molecule has 13 rings (SSSR count). The Morgan fingerprint density at radius 2 is 0.700 bits per heavy atom. The summed E-state index contributed by atoms with van der Waals surface area (Å²) in [6.45, 7) is 0. The molecule has 2 nitrogen and oxygen atoms in total. The molecule has 11 aromatic carbocycles. The predicted molar refractivity (Wildman–Crippen MR) is 256 cm³/mol. The fourth-order valence-corrected chi connectivity index (χ4v) is 10.3. The summed E-state index contributed by atoms with van der Waals surface area (Å²) >= 11 is 0. The minimum atomic E-state index is 1.15. The summed E-state index contributed by atoms with van der Waals surface area (Å²) in [6, 6.07) is 80.5. The van der Waals surface area contributed by atoms with Crippen LogP contribution >= 0.6 is 0 Å². The van der Waals surface area contributed by atoms with E-state index in [-0.39, 0.29) is 0 Å². The summed E-state index contributed by atoms with van der Waals surface area (Å²) in [7, 11) is 0. The normalized spacial score (nSPS) is 12.0. The zero-order valence-corrected chi connectivity index (χ0v) is 32.7. The van der Waals surface area contributed by atoms with Crippen molar-refractivity contribution in [2.75, 3.05) is 0 Å². The molecule has 0 amide bonds. The average molecular weight is 761 g/mol. The predicted octanol–water partition coefficient (Wildman–Crippen LogP) is 15.8. The molecule has 2 heterocycles. The summed E-state index contributed by atoms with van der Waals surface area (Å²) in [5.74, 6) is 0. The highest BCUT2D eigenvalue weighted by Gasteiger charge is 2.18. The molecule has 0 bridgehead atoms. The Morgan fingerprint density at radius 1 is 0.217 bits per heavy atom. The first kappa shape index (κ1) is 33.1. The van der Waals surface area contributed by atoms with Crippen molar-refractivity contribution in [3.8, 4) is 33.6 Å². The van der Waals surface area contributed by atoms with Gasteiger partial charge in [-0.2, -0.15) is 0 Å². The third-order valence-corrected chi connectivity index (χ3v) is 12.9. The van der Waals surface area contributed by atoms with Crippen LogP contribution in [-0.2, 0) is 0 Å². The molecule has 0 radical (unpaired) electrons. The van der Waals surface area contributed by atoms with Gasteiger partial charge < -0.3 is 9.13 Å². The fourth-order valence-electron chi connectivity index (χ4n) is 10.3. The smallest absolute Gasteiger partial charge is 0.0547 e. The summed E-state index contributed by atoms with van der Waals surface area (Å²) in [4.78, 5) is 0. The van der Waals surface area contributed by atoms with Crippen molar-refractivity contribution >= 4 is 86.7 Å². The van der Waals surface area contributed by atoms with Gasteiger partial charge in [0.2, 0.25) is 0 Å². The van der Waals surface area contributed by atoms with Crippen molar-refractivity contribution in [1.29, 1.82) is 0 Å². The van der Waals surface area contributed by atoms with Gasteiger partial charge in [-0.25, -0.2) is 0 Å². The highest BCUT2D eigenvalue weighted by atomic mass is 15.0. The third kappa shape index (κ3) is 4.76. The largest absolute Gasteiger partial charge is 0.309 e. The van der Waals surface area contributed by atoms with Crippen LogP contribution < -0.4 is 0 Å². The van der Waals surface area contributed by atoms with Gasteiger partial charge >= 0.3 is 0 Å². The molecule has 0 aliphatic rings. The average Bonchev–Trinajstić information content (AvgIpc) is 3.84. The molecule has 0 atom stereocenters. The number of nitrogens with zero attached hydrogens (tertiary/aromatic N) is 2. The van der Waals surface area contributed by atoms with Gasteiger partial charge in [0.1, 0.15) is 0 Å². The minimum absolute atomic E-state index is 1.15. The molecule has 0 saturated carbocycles. The highest BCUT2D eigenvalue weighted by molar-refractivity contribution is 6.33. The first-order valence-corrected chi connectivity index (χ1v) is 20.8. The molecule has 2 aromatic heterocycles. The quantitative estimate of drug-likeness (QED) is 0.158. The van der Waals surface area contributed by atoms with Crippen molar-refractivity contribution in [3.05, 3.63) is 218 Å². The van der Waals surface area contributed by atoms with Gasteiger partial charge in [-0.05, 0) is 126 Å². The molecule has 278 valence electrons. The van der Waals surface area contributed by atoms with Crippen molar-refractivity contribution in [3.63, 3.8) is 0 Å². The molecule has 0 spiro atoms. The zero-order chi connectivity index (χ0) is 39.3. The van der Waals surface area contributed by atoms with Crippen LogP contribution in [0, 0.1) is 0 Å². The lowest BCUT2D eigenvalue weighted by molar-refractivity contribution is 1.18. The van der Waals surface area contributed by atoms with E-state index in [0.29, 0.717) is 0 Å². The van der Waals surface area contributed by atoms with Gasteiger partial charge in [0.05, 0.1) is 22.1 Å². The van der Waals surface area contributed by atoms with E-state index < -0.39 is 0 Å². The Balaban J connectivity index is 1.00. The minimum Gasteiger partial charge on any atom is -0.309 e. The topological polar surface area (TPSA) is 9.86 Å². The van der Waals surface area contributed by atoms with E-state index in [0.717, 1.165) is 5.69 Å². The Bertz CT molecular complexity index is 3880. The van der Waals surface area contributed by atoms with Gasteiger partial charge in [-0.15, -0.1) is 0 Å². The molecule has 0 unspecified atom stereocenters. The third-order valence-electron chi connectivity index (χ3n) is 12.9. The van der Waals surface area contributed by atoms with Crippen LogP contribution in [0.25, 0.3) is 120 Å². The van der Waals surface area contributed by atoms with Gasteiger partial charge in [-0.3, -0.25) is 0 Å². The zero-order valence-electron chi connectivity index (χ0n) is 32.7. The summed E-state index contributed by atoms with van der Waals surface area (Å²) in [5, 5.41) is 15.3. The number of hydrogen-bond acceptors (Lipinski definition) is 0. The maximum absolute atomic E-state index is 2.45. The number of hydrogen-bond donors (Lipinski definition) is 0. The Labute approximate surface area is 346 Å². The highest BCUT2D eigenvalue weighted by Crippen LogP contribution is 2.44. The van der Waals surface area contributed by atoms with Crippen LogP contribution in [0.5, 0.6) is 0 Å². The molecule has 0 saturated heterocycles. The van der Waals surface area contributed by atoms with Crippen LogP contribution in [0.3, 0.4) is 0 Å². The van der Waals surface area contributed by atoms with Crippen molar-refractivity contribution in [2.24, 2.45) is 0 Å². The van der Waals surface area contributed by atoms with E-state index in [9.17, 15) is 0 Å². The standard InChI is InChI=1S/C58H36N2/c1-2-16-40(17-3-1)59-54-27-12-10-23-46(54)48-31-29-38(35-57(48)59)37-30-32-56-52(34-37)47-24-11-13-28-55(47)60(56)41-18-14-15-39(33-41)51-36-53-44-21-5-4-19-42(44)43-20-6-8-25-49(43)58(53)50-26-9-7-22-45(50)51/h1-36H. The number of fused-ring (bicyclic) bond motifs is 14. The second kappa shape index (κ2) is 12.8. The maximum Gasteiger partial charge on any atom is 0.0547 e. The molecular formula is C58H36N2. The lowest BCUT2D eigenvalue weighted by atomic mass is 9.87. The van der Waals surface area contributed by atoms with Crippen molar-refractivity contribution < 1.29 is 0 Å². The van der Waals surface area contributed by atoms with E-state index in [1.165, 1.54) is 115 Å². The van der Waals surface area contributed by atoms with Gasteiger partial charge in [0, 0.05) is 32.9 Å². The Morgan fingerprint density at radius 3 is 1.43 bits per heavy atom. The van der Waals surface area contributed by atoms with E-state index >= 15 is 0 Å². The first-order valence-electron chi connectivity index (χ1n) is 20.8. The van der Waals surface area contributed by atoms with Crippen LogP contribution in [0.15, 0.2) is 218 Å². The Kier molecular flexibility index (Phi) is 7.05. The van der Waals surface area contributed by atoms with Gasteiger partial charge in [0.15, 0.2) is 0 Å². The molecule has 2 heteroatoms. The molecule has 0 aliphatic heterocycles. The maximum atomic E-state index is 2.45. The second-order valence-electron chi connectivity index (χ2n) is 16.0. The van der Waals surface area contributed by atoms with Crippen LogP contribution in [0.2, 0.25) is 0 Å². The number of para-hydroxylation sites is 3. The molecule has 13 aromatic rings. The van der Waals surface area contributed by atoms with Crippen LogP contribution in [0.1, 0.15) is 0 Å². The summed E-state index contributed by atoms with van der Waals surface area (Å²) in [5.41, 5.74) is 12.0. The molecule has 0 aliphatic carbocycles. The van der Waals surface area contributed by atoms with Crippen LogP contribution in [-0.4, -0.2) is 9.13 Å². The molecule has 60 heavy (non-hydrogen) atoms. The van der Waals surface area contributed by atoms with E-state index in [1.807, 2.05) is 0 Å². The van der Waals surface area contributed by atoms with E-state index in [4.69, 9.17) is 0 Å². The van der Waals surface area contributed by atoms with E-state index in [2.05, 4.69) is 228 Å². The first-order chi connectivity index (χ1) is 29.8. The second-order valence-corrected chi connectivity index (χ2v) is 16.0. The molecule has 0 N–H and O–H groups in total.